The van der Waals surface area contributed by atoms with Gasteiger partial charge in [-0.15, -0.1) is 0 Å². The van der Waals surface area contributed by atoms with Gasteiger partial charge in [0.1, 0.15) is 11.8 Å². The molecule has 1 aromatic heterocycles. The lowest BCUT2D eigenvalue weighted by Gasteiger charge is -2.00. The summed E-state index contributed by atoms with van der Waals surface area (Å²) >= 11 is 1.84. The molecule has 0 amide bonds. The first-order valence-electron chi connectivity index (χ1n) is 4.30. The Balaban J connectivity index is 2.60. The Bertz CT molecular complexity index is 304. The lowest BCUT2D eigenvalue weighted by atomic mass is 10.2. The Hall–Kier alpha value is -1.01. The van der Waals surface area contributed by atoms with Gasteiger partial charge in [0.05, 0.1) is 0 Å². The molecule has 0 aliphatic rings. The molecule has 0 N–H and O–H groups in total. The lowest BCUT2D eigenvalue weighted by molar-refractivity contribution is 1.10. The minimum atomic E-state index is 0.561. The fourth-order valence-corrected chi connectivity index (χ4v) is 1.87. The van der Waals surface area contributed by atoms with Crippen molar-refractivity contribution < 1.29 is 0 Å². The number of rotatable bonds is 4. The summed E-state index contributed by atoms with van der Waals surface area (Å²) in [6, 6.07) is 5.94. The minimum Gasteiger partial charge on any atom is -0.245 e. The van der Waals surface area contributed by atoms with E-state index in [1.165, 1.54) is 6.42 Å². The zero-order chi connectivity index (χ0) is 9.52. The van der Waals surface area contributed by atoms with Gasteiger partial charge in [-0.25, -0.2) is 4.98 Å². The number of pyridine rings is 1. The Kier molecular flexibility index (Phi) is 4.34. The average Bonchev–Trinajstić information content (AvgIpc) is 2.19. The molecule has 0 saturated carbocycles. The predicted molar refractivity (Wildman–Crippen MR) is 55.4 cm³/mol. The molecule has 0 unspecified atom stereocenters. The molecule has 0 aliphatic heterocycles. The van der Waals surface area contributed by atoms with Gasteiger partial charge in [0.2, 0.25) is 0 Å². The number of hydrogen-bond acceptors (Lipinski definition) is 3. The van der Waals surface area contributed by atoms with Gasteiger partial charge in [-0.2, -0.15) is 17.0 Å². The highest BCUT2D eigenvalue weighted by Crippen LogP contribution is 2.14. The second-order valence-electron chi connectivity index (χ2n) is 2.68. The molecule has 13 heavy (non-hydrogen) atoms. The van der Waals surface area contributed by atoms with Crippen molar-refractivity contribution in [3.8, 4) is 6.07 Å². The first-order chi connectivity index (χ1) is 6.38. The highest BCUT2D eigenvalue weighted by Gasteiger charge is 2.00. The van der Waals surface area contributed by atoms with Crippen molar-refractivity contribution >= 4 is 11.8 Å². The molecule has 0 aromatic carbocycles. The zero-order valence-corrected chi connectivity index (χ0v) is 8.47. The van der Waals surface area contributed by atoms with Gasteiger partial charge in [-0.1, -0.05) is 13.0 Å². The van der Waals surface area contributed by atoms with Crippen LogP contribution in [0.15, 0.2) is 18.3 Å². The Morgan fingerprint density at radius 2 is 2.46 bits per heavy atom. The van der Waals surface area contributed by atoms with Gasteiger partial charge < -0.3 is 0 Å². The van der Waals surface area contributed by atoms with E-state index in [9.17, 15) is 0 Å². The van der Waals surface area contributed by atoms with Crippen LogP contribution in [0.2, 0.25) is 0 Å². The summed E-state index contributed by atoms with van der Waals surface area (Å²) in [6.07, 6.45) is 2.83. The van der Waals surface area contributed by atoms with Crippen molar-refractivity contribution in [2.75, 3.05) is 5.75 Å². The molecular formula is C10H12N2S. The van der Waals surface area contributed by atoms with Crippen LogP contribution in [0.5, 0.6) is 0 Å². The molecule has 1 rings (SSSR count). The SMILES string of the molecule is CCCSCc1cccnc1C#N. The van der Waals surface area contributed by atoms with E-state index in [1.807, 2.05) is 23.9 Å². The molecule has 68 valence electrons. The molecule has 0 aliphatic carbocycles. The summed E-state index contributed by atoms with van der Waals surface area (Å²) in [5.74, 6) is 2.03. The van der Waals surface area contributed by atoms with Crippen molar-refractivity contribution in [1.29, 1.82) is 5.26 Å². The fraction of sp³-hybridized carbons (Fsp3) is 0.400. The third kappa shape index (κ3) is 3.08. The number of aromatic nitrogens is 1. The van der Waals surface area contributed by atoms with Crippen molar-refractivity contribution in [3.63, 3.8) is 0 Å². The van der Waals surface area contributed by atoms with Crippen LogP contribution in [0.3, 0.4) is 0 Å². The van der Waals surface area contributed by atoms with Gasteiger partial charge in [-0.3, -0.25) is 0 Å². The molecule has 1 heterocycles. The molecule has 0 atom stereocenters. The Morgan fingerprint density at radius 3 is 3.15 bits per heavy atom. The maximum Gasteiger partial charge on any atom is 0.144 e. The lowest BCUT2D eigenvalue weighted by Crippen LogP contribution is -1.91. The quantitative estimate of drug-likeness (QED) is 0.688. The summed E-state index contributed by atoms with van der Waals surface area (Å²) in [5, 5.41) is 8.75. The highest BCUT2D eigenvalue weighted by molar-refractivity contribution is 7.98. The molecule has 0 radical (unpaired) electrons. The average molecular weight is 192 g/mol. The predicted octanol–water partition coefficient (Wildman–Crippen LogP) is 2.60. The number of nitriles is 1. The van der Waals surface area contributed by atoms with Gasteiger partial charge >= 0.3 is 0 Å². The van der Waals surface area contributed by atoms with Crippen LogP contribution in [-0.4, -0.2) is 10.7 Å². The third-order valence-corrected chi connectivity index (χ3v) is 2.82. The van der Waals surface area contributed by atoms with Crippen LogP contribution in [0, 0.1) is 11.3 Å². The van der Waals surface area contributed by atoms with E-state index in [4.69, 9.17) is 5.26 Å². The largest absolute Gasteiger partial charge is 0.245 e. The molecule has 0 bridgehead atoms. The molecule has 0 spiro atoms. The standard InChI is InChI=1S/C10H12N2S/c1-2-6-13-8-9-4-3-5-12-10(9)7-11/h3-5H,2,6,8H2,1H3. The molecule has 0 fully saturated rings. The van der Waals surface area contributed by atoms with Crippen LogP contribution < -0.4 is 0 Å². The topological polar surface area (TPSA) is 36.7 Å². The minimum absolute atomic E-state index is 0.561. The Morgan fingerprint density at radius 1 is 1.62 bits per heavy atom. The number of thioether (sulfide) groups is 1. The van der Waals surface area contributed by atoms with Crippen molar-refractivity contribution in [3.05, 3.63) is 29.6 Å². The van der Waals surface area contributed by atoms with E-state index in [2.05, 4.69) is 18.0 Å². The van der Waals surface area contributed by atoms with Gasteiger partial charge in [-0.05, 0) is 23.8 Å². The van der Waals surface area contributed by atoms with Crippen LogP contribution >= 0.6 is 11.8 Å². The first-order valence-corrected chi connectivity index (χ1v) is 5.45. The Labute approximate surface area is 83.0 Å². The smallest absolute Gasteiger partial charge is 0.144 e. The summed E-state index contributed by atoms with van der Waals surface area (Å²) < 4.78 is 0. The zero-order valence-electron chi connectivity index (χ0n) is 7.66. The van der Waals surface area contributed by atoms with E-state index >= 15 is 0 Å². The van der Waals surface area contributed by atoms with Gasteiger partial charge in [0.25, 0.3) is 0 Å². The summed E-state index contributed by atoms with van der Waals surface area (Å²) in [5.41, 5.74) is 1.61. The summed E-state index contributed by atoms with van der Waals surface area (Å²) in [6.45, 7) is 2.15. The van der Waals surface area contributed by atoms with E-state index in [0.29, 0.717) is 5.69 Å². The number of hydrogen-bond donors (Lipinski definition) is 0. The summed E-state index contributed by atoms with van der Waals surface area (Å²) in [7, 11) is 0. The second-order valence-corrected chi connectivity index (χ2v) is 3.78. The van der Waals surface area contributed by atoms with E-state index < -0.39 is 0 Å². The fourth-order valence-electron chi connectivity index (χ4n) is 0.982. The molecule has 1 aromatic rings. The maximum atomic E-state index is 8.75. The summed E-state index contributed by atoms with van der Waals surface area (Å²) in [4.78, 5) is 4.00. The van der Waals surface area contributed by atoms with Crippen LogP contribution in [-0.2, 0) is 5.75 Å². The van der Waals surface area contributed by atoms with Gasteiger partial charge in [0, 0.05) is 11.9 Å². The molecule has 2 nitrogen and oxygen atoms in total. The number of nitrogens with zero attached hydrogens (tertiary/aromatic N) is 2. The molecular weight excluding hydrogens is 180 g/mol. The monoisotopic (exact) mass is 192 g/mol. The second kappa shape index (κ2) is 5.60. The van der Waals surface area contributed by atoms with Crippen molar-refractivity contribution in [2.45, 2.75) is 19.1 Å². The van der Waals surface area contributed by atoms with Crippen LogP contribution in [0.1, 0.15) is 24.6 Å². The molecule has 0 saturated heterocycles. The van der Waals surface area contributed by atoms with Crippen molar-refractivity contribution in [2.24, 2.45) is 0 Å². The molecule has 3 heteroatoms. The van der Waals surface area contributed by atoms with E-state index in [1.54, 1.807) is 6.20 Å². The third-order valence-electron chi connectivity index (χ3n) is 1.60. The van der Waals surface area contributed by atoms with Crippen LogP contribution in [0.4, 0.5) is 0 Å². The highest BCUT2D eigenvalue weighted by atomic mass is 32.2. The van der Waals surface area contributed by atoms with Crippen LogP contribution in [0.25, 0.3) is 0 Å². The van der Waals surface area contributed by atoms with Gasteiger partial charge in [0.15, 0.2) is 0 Å². The maximum absolute atomic E-state index is 8.75. The van der Waals surface area contributed by atoms with E-state index in [0.717, 1.165) is 17.1 Å². The van der Waals surface area contributed by atoms with E-state index in [-0.39, 0.29) is 0 Å². The van der Waals surface area contributed by atoms with Crippen molar-refractivity contribution in [1.82, 2.24) is 4.98 Å². The first kappa shape index (κ1) is 10.1. The normalized spacial score (nSPS) is 9.54.